The number of rotatable bonds is 7. The molecule has 5 rings (SSSR count). The van der Waals surface area contributed by atoms with Crippen molar-refractivity contribution in [1.29, 1.82) is 0 Å². The molecule has 0 aliphatic heterocycles. The largest absolute Gasteiger partial charge is 0.322 e. The summed E-state index contributed by atoms with van der Waals surface area (Å²) in [5.41, 5.74) is 0.612. The minimum Gasteiger partial charge on any atom is -0.314 e. The van der Waals surface area contributed by atoms with Gasteiger partial charge >= 0.3 is 6.03 Å². The summed E-state index contributed by atoms with van der Waals surface area (Å²) in [7, 11) is 0. The van der Waals surface area contributed by atoms with Crippen LogP contribution in [0.15, 0.2) is 102 Å². The molecule has 0 saturated heterocycles. The fourth-order valence-corrected chi connectivity index (χ4v) is 4.58. The molecule has 0 bridgehead atoms. The first kappa shape index (κ1) is 26.7. The summed E-state index contributed by atoms with van der Waals surface area (Å²) in [6.45, 7) is 1.82. The van der Waals surface area contributed by atoms with Crippen LogP contribution in [0.3, 0.4) is 0 Å². The zero-order valence-corrected chi connectivity index (χ0v) is 21.5. The van der Waals surface area contributed by atoms with E-state index < -0.39 is 35.1 Å². The number of urea groups is 1. The van der Waals surface area contributed by atoms with E-state index >= 15 is 4.39 Å². The zero-order chi connectivity index (χ0) is 28.2. The van der Waals surface area contributed by atoms with Gasteiger partial charge in [0.2, 0.25) is 0 Å². The molecule has 0 spiro atoms. The summed E-state index contributed by atoms with van der Waals surface area (Å²) in [6.07, 6.45) is 0.433. The van der Waals surface area contributed by atoms with Gasteiger partial charge in [0.1, 0.15) is 23.3 Å². The van der Waals surface area contributed by atoms with Gasteiger partial charge in [-0.2, -0.15) is 0 Å². The van der Waals surface area contributed by atoms with Crippen LogP contribution in [-0.2, 0) is 6.42 Å². The summed E-state index contributed by atoms with van der Waals surface area (Å²) >= 11 is 0. The van der Waals surface area contributed by atoms with Crippen molar-refractivity contribution >= 4 is 22.6 Å². The number of carbonyl (C=O) groups excluding carboxylic acids is 1. The van der Waals surface area contributed by atoms with Crippen molar-refractivity contribution in [3.8, 4) is 5.69 Å². The van der Waals surface area contributed by atoms with E-state index in [1.54, 1.807) is 37.3 Å². The van der Waals surface area contributed by atoms with E-state index in [-0.39, 0.29) is 29.1 Å². The quantitative estimate of drug-likeness (QED) is 0.251. The lowest BCUT2D eigenvalue weighted by Gasteiger charge is -2.31. The standard InChI is InChI=1S/C31H25F3N4O2/c1-20(29-35-26-13-7-5-11-23(26)30(39)38(29)28-14-8-6-12-24(28)33)37(18-17-21-9-3-2-4-10-21)31(40)36-27-16-15-22(32)19-25(27)34/h2-16,19-20H,17-18H2,1H3,(H,36,40). The number of aromatic nitrogens is 2. The second kappa shape index (κ2) is 11.4. The van der Waals surface area contributed by atoms with Crippen molar-refractivity contribution in [2.75, 3.05) is 11.9 Å². The molecule has 40 heavy (non-hydrogen) atoms. The second-order valence-electron chi connectivity index (χ2n) is 9.24. The van der Waals surface area contributed by atoms with E-state index in [4.69, 9.17) is 4.98 Å². The molecule has 202 valence electrons. The van der Waals surface area contributed by atoms with Crippen LogP contribution in [0.2, 0.25) is 0 Å². The molecule has 0 aliphatic rings. The minimum absolute atomic E-state index is 0.0133. The Morgan fingerprint density at radius 1 is 0.900 bits per heavy atom. The molecular formula is C31H25F3N4O2. The highest BCUT2D eigenvalue weighted by Gasteiger charge is 2.28. The van der Waals surface area contributed by atoms with Gasteiger partial charge in [-0.15, -0.1) is 0 Å². The SMILES string of the molecule is CC(c1nc2ccccc2c(=O)n1-c1ccccc1F)N(CCc1ccccc1)C(=O)Nc1ccc(F)cc1F. The van der Waals surface area contributed by atoms with Crippen molar-refractivity contribution in [1.82, 2.24) is 14.5 Å². The highest BCUT2D eigenvalue weighted by atomic mass is 19.1. The summed E-state index contributed by atoms with van der Waals surface area (Å²) < 4.78 is 44.1. The van der Waals surface area contributed by atoms with Crippen molar-refractivity contribution in [3.05, 3.63) is 136 Å². The van der Waals surface area contributed by atoms with E-state index in [0.717, 1.165) is 17.7 Å². The van der Waals surface area contributed by atoms with Gasteiger partial charge in [-0.25, -0.2) is 22.9 Å². The number of nitrogens with one attached hydrogen (secondary N) is 1. The highest BCUT2D eigenvalue weighted by molar-refractivity contribution is 5.89. The number of hydrogen-bond acceptors (Lipinski definition) is 3. The molecule has 1 aromatic heterocycles. The molecule has 0 radical (unpaired) electrons. The Bertz CT molecular complexity index is 1740. The average Bonchev–Trinajstić information content (AvgIpc) is 2.95. The third kappa shape index (κ3) is 5.44. The molecule has 5 aromatic rings. The number of hydrogen-bond donors (Lipinski definition) is 1. The van der Waals surface area contributed by atoms with Crippen LogP contribution in [0.25, 0.3) is 16.6 Å². The number of fused-ring (bicyclic) bond motifs is 1. The van der Waals surface area contributed by atoms with Gasteiger partial charge in [0.05, 0.1) is 28.3 Å². The zero-order valence-electron chi connectivity index (χ0n) is 21.5. The Hall–Kier alpha value is -4.92. The molecule has 1 atom stereocenters. The fraction of sp³-hybridized carbons (Fsp3) is 0.129. The van der Waals surface area contributed by atoms with E-state index in [2.05, 4.69) is 5.32 Å². The maximum absolute atomic E-state index is 15.0. The number of para-hydroxylation sites is 2. The molecular weight excluding hydrogens is 517 g/mol. The van der Waals surface area contributed by atoms with Gasteiger partial charge < -0.3 is 10.2 Å². The van der Waals surface area contributed by atoms with Gasteiger partial charge in [0.25, 0.3) is 5.56 Å². The molecule has 9 heteroatoms. The first-order chi connectivity index (χ1) is 19.3. The van der Waals surface area contributed by atoms with Crippen LogP contribution in [0.1, 0.15) is 24.4 Å². The monoisotopic (exact) mass is 542 g/mol. The molecule has 6 nitrogen and oxygen atoms in total. The lowest BCUT2D eigenvalue weighted by atomic mass is 10.1. The number of benzene rings is 4. The highest BCUT2D eigenvalue weighted by Crippen LogP contribution is 2.26. The number of anilines is 1. The minimum atomic E-state index is -0.934. The van der Waals surface area contributed by atoms with Crippen LogP contribution >= 0.6 is 0 Å². The first-order valence-electron chi connectivity index (χ1n) is 12.7. The summed E-state index contributed by atoms with van der Waals surface area (Å²) in [6, 6.07) is 23.2. The lowest BCUT2D eigenvalue weighted by Crippen LogP contribution is -2.41. The van der Waals surface area contributed by atoms with E-state index in [0.29, 0.717) is 18.0 Å². The van der Waals surface area contributed by atoms with Crippen LogP contribution in [0, 0.1) is 17.5 Å². The van der Waals surface area contributed by atoms with E-state index in [1.807, 2.05) is 30.3 Å². The number of halogens is 3. The fourth-order valence-electron chi connectivity index (χ4n) is 4.58. The number of amides is 2. The molecule has 2 amide bonds. The molecule has 0 fully saturated rings. The predicted molar refractivity (Wildman–Crippen MR) is 148 cm³/mol. The third-order valence-corrected chi connectivity index (χ3v) is 6.65. The lowest BCUT2D eigenvalue weighted by molar-refractivity contribution is 0.190. The first-order valence-corrected chi connectivity index (χ1v) is 12.7. The second-order valence-corrected chi connectivity index (χ2v) is 9.24. The Kier molecular flexibility index (Phi) is 7.63. The van der Waals surface area contributed by atoms with Crippen LogP contribution in [-0.4, -0.2) is 27.0 Å². The van der Waals surface area contributed by atoms with Crippen LogP contribution in [0.5, 0.6) is 0 Å². The van der Waals surface area contributed by atoms with Gasteiger partial charge in [-0.1, -0.05) is 54.6 Å². The van der Waals surface area contributed by atoms with Crippen LogP contribution < -0.4 is 10.9 Å². The Morgan fingerprint density at radius 2 is 1.60 bits per heavy atom. The molecule has 4 aromatic carbocycles. The van der Waals surface area contributed by atoms with E-state index in [1.165, 1.54) is 27.7 Å². The van der Waals surface area contributed by atoms with Gasteiger partial charge in [-0.3, -0.25) is 9.36 Å². The average molecular weight is 543 g/mol. The molecule has 1 unspecified atom stereocenters. The maximum Gasteiger partial charge on any atom is 0.322 e. The topological polar surface area (TPSA) is 67.2 Å². The van der Waals surface area contributed by atoms with Crippen molar-refractivity contribution in [3.63, 3.8) is 0 Å². The summed E-state index contributed by atoms with van der Waals surface area (Å²) in [5.74, 6) is -2.23. The molecule has 0 aliphatic carbocycles. The normalized spacial score (nSPS) is 11.8. The molecule has 1 heterocycles. The number of carbonyl (C=O) groups is 1. The summed E-state index contributed by atoms with van der Waals surface area (Å²) in [5, 5.41) is 2.79. The van der Waals surface area contributed by atoms with Gasteiger partial charge in [-0.05, 0) is 55.3 Å². The molecule has 1 N–H and O–H groups in total. The van der Waals surface area contributed by atoms with Crippen molar-refractivity contribution in [2.24, 2.45) is 0 Å². The van der Waals surface area contributed by atoms with Crippen LogP contribution in [0.4, 0.5) is 23.7 Å². The Labute approximate surface area is 228 Å². The van der Waals surface area contributed by atoms with E-state index in [9.17, 15) is 18.4 Å². The number of nitrogens with zero attached hydrogens (tertiary/aromatic N) is 3. The molecule has 0 saturated carbocycles. The van der Waals surface area contributed by atoms with Gasteiger partial charge in [0.15, 0.2) is 0 Å². The smallest absolute Gasteiger partial charge is 0.314 e. The Balaban J connectivity index is 1.62. The maximum atomic E-state index is 15.0. The van der Waals surface area contributed by atoms with Crippen molar-refractivity contribution < 1.29 is 18.0 Å². The third-order valence-electron chi connectivity index (χ3n) is 6.65. The summed E-state index contributed by atoms with van der Waals surface area (Å²) in [4.78, 5) is 33.4. The van der Waals surface area contributed by atoms with Gasteiger partial charge in [0, 0.05) is 12.6 Å². The van der Waals surface area contributed by atoms with Crippen molar-refractivity contribution in [2.45, 2.75) is 19.4 Å². The Morgan fingerprint density at radius 3 is 2.35 bits per heavy atom. The predicted octanol–water partition coefficient (Wildman–Crippen LogP) is 6.64.